The Morgan fingerprint density at radius 3 is 2.39 bits per heavy atom. The van der Waals surface area contributed by atoms with Gasteiger partial charge in [0.1, 0.15) is 0 Å². The maximum Gasteiger partial charge on any atom is 0.337 e. The molecule has 1 N–H and O–H groups in total. The van der Waals surface area contributed by atoms with Crippen molar-refractivity contribution in [3.63, 3.8) is 0 Å². The maximum absolute atomic E-state index is 11.2. The molecule has 0 aromatic carbocycles. The molecule has 1 aromatic heterocycles. The van der Waals surface area contributed by atoms with Crippen molar-refractivity contribution in [2.45, 2.75) is 39.5 Å². The second-order valence-electron chi connectivity index (χ2n) is 4.39. The van der Waals surface area contributed by atoms with Gasteiger partial charge in [0.05, 0.1) is 17.4 Å². The summed E-state index contributed by atoms with van der Waals surface area (Å²) in [5, 5.41) is 9.21. The predicted molar refractivity (Wildman–Crippen MR) is 73.2 cm³/mol. The Bertz CT molecular complexity index is 372. The second-order valence-corrected chi connectivity index (χ2v) is 4.39. The van der Waals surface area contributed by atoms with Gasteiger partial charge in [0.2, 0.25) is 0 Å². The summed E-state index contributed by atoms with van der Waals surface area (Å²) in [6.45, 7) is 6.06. The fraction of sp³-hybridized carbons (Fsp3) is 0.571. The molecule has 0 aliphatic rings. The van der Waals surface area contributed by atoms with Crippen LogP contribution >= 0.6 is 0 Å². The molecular formula is C14H22N2O2. The van der Waals surface area contributed by atoms with Crippen molar-refractivity contribution in [3.8, 4) is 0 Å². The van der Waals surface area contributed by atoms with E-state index in [0.29, 0.717) is 5.56 Å². The molecule has 0 unspecified atom stereocenters. The highest BCUT2D eigenvalue weighted by Gasteiger charge is 2.15. The van der Waals surface area contributed by atoms with Gasteiger partial charge in [-0.25, -0.2) is 4.79 Å². The number of pyridine rings is 1. The first-order valence-corrected chi connectivity index (χ1v) is 6.63. The summed E-state index contributed by atoms with van der Waals surface area (Å²) in [7, 11) is 0. The number of anilines is 1. The molecule has 0 amide bonds. The molecule has 1 aromatic rings. The van der Waals surface area contributed by atoms with Crippen molar-refractivity contribution in [2.75, 3.05) is 18.0 Å². The fourth-order valence-corrected chi connectivity index (χ4v) is 1.87. The summed E-state index contributed by atoms with van der Waals surface area (Å²) in [6.07, 6.45) is 7.53. The molecule has 1 rings (SSSR count). The van der Waals surface area contributed by atoms with Crippen LogP contribution in [0, 0.1) is 0 Å². The molecule has 0 fully saturated rings. The Balaban J connectivity index is 2.92. The van der Waals surface area contributed by atoms with Gasteiger partial charge < -0.3 is 10.0 Å². The van der Waals surface area contributed by atoms with E-state index in [1.807, 2.05) is 0 Å². The van der Waals surface area contributed by atoms with Crippen molar-refractivity contribution in [2.24, 2.45) is 0 Å². The van der Waals surface area contributed by atoms with E-state index < -0.39 is 5.97 Å². The standard InChI is InChI=1S/C14H22N2O2/c1-3-5-9-16(10-6-4-2)13-11-15-8-7-12(13)14(17)18/h7-8,11H,3-6,9-10H2,1-2H3,(H,17,18). The first kappa shape index (κ1) is 14.5. The van der Waals surface area contributed by atoms with Crippen LogP contribution in [0.15, 0.2) is 18.5 Å². The lowest BCUT2D eigenvalue weighted by Gasteiger charge is -2.25. The molecule has 0 saturated heterocycles. The maximum atomic E-state index is 11.2. The molecule has 0 radical (unpaired) electrons. The smallest absolute Gasteiger partial charge is 0.337 e. The number of rotatable bonds is 8. The van der Waals surface area contributed by atoms with Gasteiger partial charge in [-0.05, 0) is 18.9 Å². The lowest BCUT2D eigenvalue weighted by Crippen LogP contribution is -2.27. The van der Waals surface area contributed by atoms with Crippen LogP contribution < -0.4 is 4.90 Å². The van der Waals surface area contributed by atoms with Crippen LogP contribution in [0.2, 0.25) is 0 Å². The lowest BCUT2D eigenvalue weighted by atomic mass is 10.1. The van der Waals surface area contributed by atoms with Crippen LogP contribution in [0.3, 0.4) is 0 Å². The summed E-state index contributed by atoms with van der Waals surface area (Å²) >= 11 is 0. The van der Waals surface area contributed by atoms with E-state index in [1.165, 1.54) is 6.20 Å². The van der Waals surface area contributed by atoms with Crippen molar-refractivity contribution in [1.29, 1.82) is 0 Å². The van der Waals surface area contributed by atoms with Crippen LogP contribution in [0.4, 0.5) is 5.69 Å². The molecular weight excluding hydrogens is 228 g/mol. The molecule has 18 heavy (non-hydrogen) atoms. The molecule has 0 aliphatic heterocycles. The van der Waals surface area contributed by atoms with E-state index in [4.69, 9.17) is 0 Å². The fourth-order valence-electron chi connectivity index (χ4n) is 1.87. The van der Waals surface area contributed by atoms with Gasteiger partial charge in [0.15, 0.2) is 0 Å². The van der Waals surface area contributed by atoms with Crippen molar-refractivity contribution in [1.82, 2.24) is 4.98 Å². The molecule has 100 valence electrons. The monoisotopic (exact) mass is 250 g/mol. The largest absolute Gasteiger partial charge is 0.478 e. The predicted octanol–water partition coefficient (Wildman–Crippen LogP) is 3.19. The van der Waals surface area contributed by atoms with Gasteiger partial charge in [0.25, 0.3) is 0 Å². The highest BCUT2D eigenvalue weighted by atomic mass is 16.4. The average Bonchev–Trinajstić information content (AvgIpc) is 2.39. The van der Waals surface area contributed by atoms with E-state index in [1.54, 1.807) is 12.3 Å². The van der Waals surface area contributed by atoms with Gasteiger partial charge in [-0.3, -0.25) is 4.98 Å². The van der Waals surface area contributed by atoms with Crippen LogP contribution in [0.5, 0.6) is 0 Å². The minimum absolute atomic E-state index is 0.345. The molecule has 0 atom stereocenters. The third-order valence-corrected chi connectivity index (χ3v) is 2.93. The minimum Gasteiger partial charge on any atom is -0.478 e. The van der Waals surface area contributed by atoms with Gasteiger partial charge in [-0.1, -0.05) is 26.7 Å². The van der Waals surface area contributed by atoms with E-state index in [0.717, 1.165) is 44.5 Å². The van der Waals surface area contributed by atoms with Gasteiger partial charge in [0, 0.05) is 19.3 Å². The number of unbranched alkanes of at least 4 members (excludes halogenated alkanes) is 2. The highest BCUT2D eigenvalue weighted by Crippen LogP contribution is 2.20. The van der Waals surface area contributed by atoms with Crippen LogP contribution in [0.25, 0.3) is 0 Å². The molecule has 0 saturated carbocycles. The van der Waals surface area contributed by atoms with Crippen molar-refractivity contribution in [3.05, 3.63) is 24.0 Å². The van der Waals surface area contributed by atoms with Crippen molar-refractivity contribution < 1.29 is 9.90 Å². The number of hydrogen-bond donors (Lipinski definition) is 1. The Kier molecular flexibility index (Phi) is 6.19. The first-order chi connectivity index (χ1) is 8.70. The van der Waals surface area contributed by atoms with E-state index in [-0.39, 0.29) is 0 Å². The summed E-state index contributed by atoms with van der Waals surface area (Å²) in [5.41, 5.74) is 1.09. The zero-order valence-electron chi connectivity index (χ0n) is 11.2. The topological polar surface area (TPSA) is 53.4 Å². The zero-order valence-corrected chi connectivity index (χ0v) is 11.2. The van der Waals surface area contributed by atoms with Gasteiger partial charge in [-0.2, -0.15) is 0 Å². The Hall–Kier alpha value is -1.58. The molecule has 4 heteroatoms. The van der Waals surface area contributed by atoms with E-state index in [2.05, 4.69) is 23.7 Å². The van der Waals surface area contributed by atoms with E-state index in [9.17, 15) is 9.90 Å². The molecule has 4 nitrogen and oxygen atoms in total. The minimum atomic E-state index is -0.884. The Morgan fingerprint density at radius 1 is 1.28 bits per heavy atom. The van der Waals surface area contributed by atoms with Crippen LogP contribution in [-0.2, 0) is 0 Å². The first-order valence-electron chi connectivity index (χ1n) is 6.63. The van der Waals surface area contributed by atoms with E-state index >= 15 is 0 Å². The zero-order chi connectivity index (χ0) is 13.4. The number of aromatic nitrogens is 1. The third kappa shape index (κ3) is 4.02. The van der Waals surface area contributed by atoms with Gasteiger partial charge in [-0.15, -0.1) is 0 Å². The van der Waals surface area contributed by atoms with Crippen LogP contribution in [-0.4, -0.2) is 29.1 Å². The number of carboxylic acid groups (broad SMARTS) is 1. The van der Waals surface area contributed by atoms with Crippen LogP contribution in [0.1, 0.15) is 49.9 Å². The average molecular weight is 250 g/mol. The summed E-state index contributed by atoms with van der Waals surface area (Å²) in [4.78, 5) is 17.4. The normalized spacial score (nSPS) is 10.3. The summed E-state index contributed by atoms with van der Waals surface area (Å²) in [6, 6.07) is 1.57. The molecule has 0 spiro atoms. The quantitative estimate of drug-likeness (QED) is 0.770. The molecule has 0 aliphatic carbocycles. The number of carbonyl (C=O) groups is 1. The Labute approximate surface area is 109 Å². The van der Waals surface area contributed by atoms with Gasteiger partial charge >= 0.3 is 5.97 Å². The molecule has 0 bridgehead atoms. The second kappa shape index (κ2) is 7.69. The number of aromatic carboxylic acids is 1. The SMILES string of the molecule is CCCCN(CCCC)c1cnccc1C(=O)O. The lowest BCUT2D eigenvalue weighted by molar-refractivity contribution is 0.0697. The number of carboxylic acids is 1. The number of hydrogen-bond acceptors (Lipinski definition) is 3. The highest BCUT2D eigenvalue weighted by molar-refractivity contribution is 5.94. The third-order valence-electron chi connectivity index (χ3n) is 2.93. The van der Waals surface area contributed by atoms with Crippen molar-refractivity contribution >= 4 is 11.7 Å². The number of nitrogens with zero attached hydrogens (tertiary/aromatic N) is 2. The molecule has 1 heterocycles. The summed E-state index contributed by atoms with van der Waals surface area (Å²) in [5.74, 6) is -0.884. The summed E-state index contributed by atoms with van der Waals surface area (Å²) < 4.78 is 0. The Morgan fingerprint density at radius 2 is 1.89 bits per heavy atom.